The van der Waals surface area contributed by atoms with Crippen LogP contribution in [0.4, 0.5) is 0 Å². The van der Waals surface area contributed by atoms with Crippen LogP contribution in [-0.2, 0) is 4.79 Å². The Balaban J connectivity index is 1.46. The molecule has 1 aromatic heterocycles. The highest BCUT2D eigenvalue weighted by molar-refractivity contribution is 7.13. The molecular weight excluding hydrogens is 318 g/mol. The van der Waals surface area contributed by atoms with E-state index in [9.17, 15) is 4.79 Å². The Bertz CT molecular complexity index is 736. The van der Waals surface area contributed by atoms with Crippen molar-refractivity contribution >= 4 is 17.2 Å². The Morgan fingerprint density at radius 3 is 2.88 bits per heavy atom. The van der Waals surface area contributed by atoms with E-state index in [1.54, 1.807) is 11.3 Å². The Morgan fingerprint density at radius 2 is 2.08 bits per heavy atom. The molecule has 0 spiro atoms. The van der Waals surface area contributed by atoms with Crippen LogP contribution in [-0.4, -0.2) is 41.5 Å². The average molecular weight is 341 g/mol. The molecule has 0 bridgehead atoms. The molecule has 24 heavy (non-hydrogen) atoms. The number of aryl methyl sites for hydroxylation is 1. The van der Waals surface area contributed by atoms with Crippen molar-refractivity contribution < 1.29 is 4.79 Å². The lowest BCUT2D eigenvalue weighted by atomic mass is 10.0. The van der Waals surface area contributed by atoms with Crippen molar-refractivity contribution in [2.45, 2.75) is 38.1 Å². The van der Waals surface area contributed by atoms with Crippen molar-refractivity contribution in [1.82, 2.24) is 15.2 Å². The lowest BCUT2D eigenvalue weighted by Crippen LogP contribution is -2.42. The molecule has 5 heteroatoms. The van der Waals surface area contributed by atoms with Gasteiger partial charge in [0.15, 0.2) is 0 Å². The second-order valence-electron chi connectivity index (χ2n) is 6.82. The molecule has 126 valence electrons. The van der Waals surface area contributed by atoms with E-state index < -0.39 is 0 Å². The number of amides is 1. The van der Waals surface area contributed by atoms with Crippen LogP contribution in [0.3, 0.4) is 0 Å². The second kappa shape index (κ2) is 6.65. The molecule has 1 N–H and O–H groups in total. The molecule has 1 aromatic carbocycles. The van der Waals surface area contributed by atoms with Crippen molar-refractivity contribution in [3.63, 3.8) is 0 Å². The Hall–Kier alpha value is -1.72. The summed E-state index contributed by atoms with van der Waals surface area (Å²) >= 11 is 1.70. The van der Waals surface area contributed by atoms with Crippen molar-refractivity contribution in [2.24, 2.45) is 0 Å². The molecule has 2 aromatic rings. The summed E-state index contributed by atoms with van der Waals surface area (Å²) in [5.74, 6) is 0.625. The molecule has 2 saturated heterocycles. The summed E-state index contributed by atoms with van der Waals surface area (Å²) in [6.07, 6.45) is 3.16. The highest BCUT2D eigenvalue weighted by atomic mass is 32.1. The number of nitrogens with one attached hydrogen (secondary N) is 1. The fourth-order valence-corrected chi connectivity index (χ4v) is 4.71. The van der Waals surface area contributed by atoms with Gasteiger partial charge in [-0.1, -0.05) is 24.3 Å². The third-order valence-electron chi connectivity index (χ3n) is 5.16. The van der Waals surface area contributed by atoms with Gasteiger partial charge in [0.2, 0.25) is 5.91 Å². The average Bonchev–Trinajstić information content (AvgIpc) is 3.34. The SMILES string of the molecule is Cc1ccccc1-c1nc(C2CNC(C(=O)N3CCCC3)C2)cs1. The molecule has 4 nitrogen and oxygen atoms in total. The van der Waals surface area contributed by atoms with Gasteiger partial charge in [-0.3, -0.25) is 4.79 Å². The van der Waals surface area contributed by atoms with E-state index in [1.807, 2.05) is 4.90 Å². The molecule has 0 radical (unpaired) electrons. The highest BCUT2D eigenvalue weighted by Gasteiger charge is 2.34. The van der Waals surface area contributed by atoms with Crippen molar-refractivity contribution in [2.75, 3.05) is 19.6 Å². The van der Waals surface area contributed by atoms with Crippen LogP contribution in [0.2, 0.25) is 0 Å². The van der Waals surface area contributed by atoms with Gasteiger partial charge in [-0.15, -0.1) is 11.3 Å². The highest BCUT2D eigenvalue weighted by Crippen LogP contribution is 2.32. The maximum Gasteiger partial charge on any atom is 0.239 e. The van der Waals surface area contributed by atoms with Gasteiger partial charge in [-0.2, -0.15) is 0 Å². The fraction of sp³-hybridized carbons (Fsp3) is 0.474. The molecule has 2 aliphatic heterocycles. The molecule has 2 fully saturated rings. The van der Waals surface area contributed by atoms with Crippen LogP contribution < -0.4 is 5.32 Å². The van der Waals surface area contributed by atoms with Gasteiger partial charge in [-0.05, 0) is 31.7 Å². The van der Waals surface area contributed by atoms with Gasteiger partial charge in [0.05, 0.1) is 11.7 Å². The fourth-order valence-electron chi connectivity index (χ4n) is 3.72. The second-order valence-corrected chi connectivity index (χ2v) is 7.68. The molecule has 0 saturated carbocycles. The summed E-state index contributed by atoms with van der Waals surface area (Å²) in [6.45, 7) is 4.82. The molecule has 2 atom stereocenters. The quantitative estimate of drug-likeness (QED) is 0.932. The third-order valence-corrected chi connectivity index (χ3v) is 6.06. The number of rotatable bonds is 3. The lowest BCUT2D eigenvalue weighted by molar-refractivity contribution is -0.132. The summed E-state index contributed by atoms with van der Waals surface area (Å²) in [4.78, 5) is 19.4. The predicted octanol–water partition coefficient (Wildman–Crippen LogP) is 3.19. The molecule has 3 heterocycles. The van der Waals surface area contributed by atoms with Gasteiger partial charge < -0.3 is 10.2 Å². The van der Waals surface area contributed by atoms with Crippen LogP contribution in [0.15, 0.2) is 29.6 Å². The standard InChI is InChI=1S/C19H23N3OS/c1-13-6-2-3-7-15(13)18-21-17(12-24-18)14-10-16(20-11-14)19(23)22-8-4-5-9-22/h2-3,6-7,12,14,16,20H,4-5,8-11H2,1H3. The summed E-state index contributed by atoms with van der Waals surface area (Å²) in [5.41, 5.74) is 3.59. The van der Waals surface area contributed by atoms with Crippen molar-refractivity contribution in [3.8, 4) is 10.6 Å². The summed E-state index contributed by atoms with van der Waals surface area (Å²) < 4.78 is 0. The molecule has 2 aliphatic rings. The molecule has 4 rings (SSSR count). The van der Waals surface area contributed by atoms with Crippen LogP contribution in [0.1, 0.15) is 36.4 Å². The number of benzene rings is 1. The first kappa shape index (κ1) is 15.8. The number of thiazole rings is 1. The Kier molecular flexibility index (Phi) is 4.37. The van der Waals surface area contributed by atoms with E-state index in [2.05, 4.69) is 41.9 Å². The van der Waals surface area contributed by atoms with E-state index in [1.165, 1.54) is 11.1 Å². The number of hydrogen-bond donors (Lipinski definition) is 1. The van der Waals surface area contributed by atoms with Gasteiger partial charge in [0, 0.05) is 36.5 Å². The smallest absolute Gasteiger partial charge is 0.239 e. The first-order valence-corrected chi connectivity index (χ1v) is 9.64. The summed E-state index contributed by atoms with van der Waals surface area (Å²) in [7, 11) is 0. The summed E-state index contributed by atoms with van der Waals surface area (Å²) in [5, 5.41) is 6.66. The van der Waals surface area contributed by atoms with E-state index in [0.717, 1.165) is 49.6 Å². The molecule has 1 amide bonds. The van der Waals surface area contributed by atoms with Crippen LogP contribution in [0.25, 0.3) is 10.6 Å². The minimum absolute atomic E-state index is 0.0308. The third kappa shape index (κ3) is 2.98. The number of nitrogens with zero attached hydrogens (tertiary/aromatic N) is 2. The van der Waals surface area contributed by atoms with E-state index in [-0.39, 0.29) is 11.9 Å². The lowest BCUT2D eigenvalue weighted by Gasteiger charge is -2.19. The number of hydrogen-bond acceptors (Lipinski definition) is 4. The zero-order valence-electron chi connectivity index (χ0n) is 14.0. The molecule has 0 aliphatic carbocycles. The van der Waals surface area contributed by atoms with E-state index in [0.29, 0.717) is 5.92 Å². The first-order chi connectivity index (χ1) is 11.7. The Labute approximate surface area is 146 Å². The van der Waals surface area contributed by atoms with Crippen LogP contribution in [0, 0.1) is 6.92 Å². The van der Waals surface area contributed by atoms with E-state index >= 15 is 0 Å². The van der Waals surface area contributed by atoms with Crippen LogP contribution >= 0.6 is 11.3 Å². The Morgan fingerprint density at radius 1 is 1.29 bits per heavy atom. The minimum atomic E-state index is -0.0308. The first-order valence-electron chi connectivity index (χ1n) is 8.76. The maximum atomic E-state index is 12.5. The largest absolute Gasteiger partial charge is 0.341 e. The van der Waals surface area contributed by atoms with Crippen molar-refractivity contribution in [1.29, 1.82) is 0 Å². The monoisotopic (exact) mass is 341 g/mol. The molecule has 2 unspecified atom stereocenters. The number of aromatic nitrogens is 1. The van der Waals surface area contributed by atoms with E-state index in [4.69, 9.17) is 4.98 Å². The van der Waals surface area contributed by atoms with Gasteiger partial charge in [0.1, 0.15) is 5.01 Å². The van der Waals surface area contributed by atoms with Crippen LogP contribution in [0.5, 0.6) is 0 Å². The minimum Gasteiger partial charge on any atom is -0.341 e. The number of carbonyl (C=O) groups is 1. The van der Waals surface area contributed by atoms with Gasteiger partial charge in [-0.25, -0.2) is 4.98 Å². The number of likely N-dealkylation sites (tertiary alicyclic amines) is 1. The topological polar surface area (TPSA) is 45.2 Å². The maximum absolute atomic E-state index is 12.5. The molecular formula is C19H23N3OS. The van der Waals surface area contributed by atoms with Gasteiger partial charge >= 0.3 is 0 Å². The zero-order chi connectivity index (χ0) is 16.5. The zero-order valence-corrected chi connectivity index (χ0v) is 14.8. The van der Waals surface area contributed by atoms with Gasteiger partial charge in [0.25, 0.3) is 0 Å². The summed E-state index contributed by atoms with van der Waals surface area (Å²) in [6, 6.07) is 8.34. The number of carbonyl (C=O) groups excluding carboxylic acids is 1. The normalized spacial score (nSPS) is 23.8. The predicted molar refractivity (Wildman–Crippen MR) is 97.2 cm³/mol. The van der Waals surface area contributed by atoms with Crippen molar-refractivity contribution in [3.05, 3.63) is 40.9 Å².